The number of hydrogen-bond acceptors (Lipinski definition) is 2. The average molecular weight is 197 g/mol. The van der Waals surface area contributed by atoms with Crippen LogP contribution in [-0.4, -0.2) is 18.2 Å². The quantitative estimate of drug-likeness (QED) is 0.738. The molecule has 2 heteroatoms. The monoisotopic (exact) mass is 197 g/mol. The Morgan fingerprint density at radius 1 is 1.43 bits per heavy atom. The summed E-state index contributed by atoms with van der Waals surface area (Å²) in [7, 11) is 0. The molecule has 2 nitrogen and oxygen atoms in total. The smallest absolute Gasteiger partial charge is 0.0685 e. The van der Waals surface area contributed by atoms with E-state index in [9.17, 15) is 0 Å². The molecule has 0 radical (unpaired) electrons. The minimum absolute atomic E-state index is 0.246. The second-order valence-electron chi connectivity index (χ2n) is 5.06. The fraction of sp³-hybridized carbons (Fsp3) is 1.00. The number of nitrogens with two attached hydrogens (primary N) is 1. The Hall–Kier alpha value is -0.0800. The van der Waals surface area contributed by atoms with Crippen LogP contribution in [0.1, 0.15) is 51.9 Å². The molecule has 2 unspecified atom stereocenters. The van der Waals surface area contributed by atoms with E-state index in [-0.39, 0.29) is 5.60 Å². The second kappa shape index (κ2) is 4.19. The molecule has 1 saturated heterocycles. The first kappa shape index (κ1) is 10.4. The molecule has 0 aromatic carbocycles. The van der Waals surface area contributed by atoms with E-state index in [1.54, 1.807) is 0 Å². The second-order valence-corrected chi connectivity index (χ2v) is 5.06. The molecule has 0 aromatic rings. The Kier molecular flexibility index (Phi) is 3.13. The molecule has 1 spiro atoms. The molecule has 2 N–H and O–H groups in total. The highest BCUT2D eigenvalue weighted by Gasteiger charge is 2.40. The van der Waals surface area contributed by atoms with Gasteiger partial charge in [0.1, 0.15) is 0 Å². The third-order valence-corrected chi connectivity index (χ3v) is 4.12. The summed E-state index contributed by atoms with van der Waals surface area (Å²) in [6, 6.07) is 0.399. The van der Waals surface area contributed by atoms with Gasteiger partial charge in [0.05, 0.1) is 5.60 Å². The third kappa shape index (κ3) is 1.96. The number of hydrogen-bond donors (Lipinski definition) is 1. The highest BCUT2D eigenvalue weighted by atomic mass is 16.5. The number of ether oxygens (including phenoxy) is 1. The molecule has 1 aliphatic carbocycles. The van der Waals surface area contributed by atoms with Crippen molar-refractivity contribution in [2.24, 2.45) is 11.7 Å². The van der Waals surface area contributed by atoms with Gasteiger partial charge in [0.15, 0.2) is 0 Å². The van der Waals surface area contributed by atoms with Gasteiger partial charge in [-0.15, -0.1) is 0 Å². The van der Waals surface area contributed by atoms with Crippen LogP contribution in [0.2, 0.25) is 0 Å². The lowest BCUT2D eigenvalue weighted by molar-refractivity contribution is -0.0962. The first-order valence-electron chi connectivity index (χ1n) is 6.15. The fourth-order valence-corrected chi connectivity index (χ4v) is 3.13. The van der Waals surface area contributed by atoms with Crippen LogP contribution in [0.15, 0.2) is 0 Å². The van der Waals surface area contributed by atoms with Gasteiger partial charge < -0.3 is 10.5 Å². The first-order valence-corrected chi connectivity index (χ1v) is 6.15. The summed E-state index contributed by atoms with van der Waals surface area (Å²) in [6.45, 7) is 3.14. The maximum atomic E-state index is 6.14. The summed E-state index contributed by atoms with van der Waals surface area (Å²) in [6.07, 6.45) is 8.78. The van der Waals surface area contributed by atoms with Gasteiger partial charge in [0, 0.05) is 12.6 Å². The van der Waals surface area contributed by atoms with Crippen molar-refractivity contribution in [2.45, 2.75) is 63.5 Å². The van der Waals surface area contributed by atoms with E-state index in [1.165, 1.54) is 38.5 Å². The van der Waals surface area contributed by atoms with Crippen LogP contribution in [0.25, 0.3) is 0 Å². The van der Waals surface area contributed by atoms with Gasteiger partial charge in [-0.05, 0) is 38.0 Å². The molecule has 82 valence electrons. The predicted molar refractivity (Wildman–Crippen MR) is 58.1 cm³/mol. The predicted octanol–water partition coefficient (Wildman–Crippen LogP) is 2.46. The lowest BCUT2D eigenvalue weighted by atomic mass is 9.80. The molecule has 1 heterocycles. The van der Waals surface area contributed by atoms with Crippen LogP contribution in [0.4, 0.5) is 0 Å². The van der Waals surface area contributed by atoms with Gasteiger partial charge in [-0.25, -0.2) is 0 Å². The van der Waals surface area contributed by atoms with E-state index in [4.69, 9.17) is 10.5 Å². The molecule has 2 atom stereocenters. The standard InChI is InChI=1S/C12H23NO/c1-2-11(13)10-5-8-14-12(9-10)6-3-4-7-12/h10-11H,2-9,13H2,1H3. The minimum Gasteiger partial charge on any atom is -0.375 e. The molecular weight excluding hydrogens is 174 g/mol. The number of rotatable bonds is 2. The summed E-state index contributed by atoms with van der Waals surface area (Å²) in [5.41, 5.74) is 6.39. The van der Waals surface area contributed by atoms with Gasteiger partial charge in [-0.2, -0.15) is 0 Å². The van der Waals surface area contributed by atoms with Gasteiger partial charge in [0.2, 0.25) is 0 Å². The zero-order chi connectivity index (χ0) is 10.0. The summed E-state index contributed by atoms with van der Waals surface area (Å²) in [4.78, 5) is 0. The van der Waals surface area contributed by atoms with Crippen molar-refractivity contribution >= 4 is 0 Å². The van der Waals surface area contributed by atoms with Crippen LogP contribution < -0.4 is 5.73 Å². The molecule has 2 aliphatic rings. The molecule has 2 rings (SSSR count). The van der Waals surface area contributed by atoms with E-state index in [0.717, 1.165) is 13.0 Å². The van der Waals surface area contributed by atoms with E-state index in [0.29, 0.717) is 12.0 Å². The molecule has 1 aliphatic heterocycles. The lowest BCUT2D eigenvalue weighted by Crippen LogP contribution is -2.43. The van der Waals surface area contributed by atoms with Crippen molar-refractivity contribution in [3.05, 3.63) is 0 Å². The van der Waals surface area contributed by atoms with E-state index in [1.807, 2.05) is 0 Å². The minimum atomic E-state index is 0.246. The lowest BCUT2D eigenvalue weighted by Gasteiger charge is -2.40. The summed E-state index contributed by atoms with van der Waals surface area (Å²) >= 11 is 0. The SMILES string of the molecule is CCC(N)C1CCOC2(CCCC2)C1. The first-order chi connectivity index (χ1) is 6.76. The van der Waals surface area contributed by atoms with Crippen molar-refractivity contribution in [3.63, 3.8) is 0 Å². The molecule has 0 bridgehead atoms. The Labute approximate surface area is 87.2 Å². The third-order valence-electron chi connectivity index (χ3n) is 4.12. The molecular formula is C12H23NO. The normalized spacial score (nSPS) is 33.4. The largest absolute Gasteiger partial charge is 0.375 e. The van der Waals surface area contributed by atoms with Gasteiger partial charge in [-0.3, -0.25) is 0 Å². The Morgan fingerprint density at radius 2 is 2.14 bits per heavy atom. The van der Waals surface area contributed by atoms with E-state index in [2.05, 4.69) is 6.92 Å². The zero-order valence-electron chi connectivity index (χ0n) is 9.30. The maximum absolute atomic E-state index is 6.14. The molecule has 2 fully saturated rings. The highest BCUT2D eigenvalue weighted by Crippen LogP contribution is 2.42. The Morgan fingerprint density at radius 3 is 2.79 bits per heavy atom. The topological polar surface area (TPSA) is 35.2 Å². The zero-order valence-corrected chi connectivity index (χ0v) is 9.30. The average Bonchev–Trinajstić information content (AvgIpc) is 2.65. The van der Waals surface area contributed by atoms with Crippen molar-refractivity contribution in [1.29, 1.82) is 0 Å². The highest BCUT2D eigenvalue weighted by molar-refractivity contribution is 4.93. The maximum Gasteiger partial charge on any atom is 0.0685 e. The van der Waals surface area contributed by atoms with Crippen LogP contribution in [0, 0.1) is 5.92 Å². The molecule has 14 heavy (non-hydrogen) atoms. The van der Waals surface area contributed by atoms with Gasteiger partial charge in [0.25, 0.3) is 0 Å². The van der Waals surface area contributed by atoms with Crippen LogP contribution in [0.3, 0.4) is 0 Å². The van der Waals surface area contributed by atoms with Crippen molar-refractivity contribution < 1.29 is 4.74 Å². The van der Waals surface area contributed by atoms with E-state index >= 15 is 0 Å². The van der Waals surface area contributed by atoms with Crippen molar-refractivity contribution in [3.8, 4) is 0 Å². The molecule has 1 saturated carbocycles. The summed E-state index contributed by atoms with van der Waals surface area (Å²) in [5, 5.41) is 0. The summed E-state index contributed by atoms with van der Waals surface area (Å²) in [5.74, 6) is 0.715. The molecule has 0 amide bonds. The van der Waals surface area contributed by atoms with Crippen LogP contribution in [0.5, 0.6) is 0 Å². The van der Waals surface area contributed by atoms with Gasteiger partial charge in [-0.1, -0.05) is 19.8 Å². The Bertz CT molecular complexity index is 187. The van der Waals surface area contributed by atoms with Crippen LogP contribution in [-0.2, 0) is 4.74 Å². The van der Waals surface area contributed by atoms with Crippen molar-refractivity contribution in [1.82, 2.24) is 0 Å². The van der Waals surface area contributed by atoms with Crippen molar-refractivity contribution in [2.75, 3.05) is 6.61 Å². The Balaban J connectivity index is 1.96. The summed E-state index contributed by atoms with van der Waals surface area (Å²) < 4.78 is 6.00. The molecule has 0 aromatic heterocycles. The van der Waals surface area contributed by atoms with E-state index < -0.39 is 0 Å². The van der Waals surface area contributed by atoms with Crippen LogP contribution >= 0.6 is 0 Å². The fourth-order valence-electron chi connectivity index (χ4n) is 3.13. The van der Waals surface area contributed by atoms with Gasteiger partial charge >= 0.3 is 0 Å².